The summed E-state index contributed by atoms with van der Waals surface area (Å²) in [5.41, 5.74) is 6.41. The molecule has 8 nitrogen and oxygen atoms in total. The van der Waals surface area contributed by atoms with Crippen LogP contribution < -0.4 is 15.2 Å². The molecule has 9 heteroatoms. The Labute approximate surface area is 160 Å². The van der Waals surface area contributed by atoms with Crippen molar-refractivity contribution in [1.29, 1.82) is 0 Å². The van der Waals surface area contributed by atoms with E-state index in [0.29, 0.717) is 25.8 Å². The molecule has 0 spiro atoms. The third kappa shape index (κ3) is 5.93. The van der Waals surface area contributed by atoms with Crippen LogP contribution in [-0.2, 0) is 21.5 Å². The minimum absolute atomic E-state index is 0.0268. The maximum absolute atomic E-state index is 12.2. The van der Waals surface area contributed by atoms with Crippen molar-refractivity contribution in [2.75, 3.05) is 25.9 Å². The summed E-state index contributed by atoms with van der Waals surface area (Å²) < 4.78 is 29.0. The molecule has 0 unspecified atom stereocenters. The first-order valence-corrected chi connectivity index (χ1v) is 10.6. The Morgan fingerprint density at radius 3 is 2.52 bits per heavy atom. The number of likely N-dealkylation sites (tertiary alicyclic amines) is 1. The Morgan fingerprint density at radius 2 is 1.96 bits per heavy atom. The number of piperidine rings is 1. The van der Waals surface area contributed by atoms with Gasteiger partial charge in [-0.25, -0.2) is 0 Å². The lowest BCUT2D eigenvalue weighted by molar-refractivity contribution is -0.123. The lowest BCUT2D eigenvalue weighted by Gasteiger charge is -2.30. The quantitative estimate of drug-likeness (QED) is 0.628. The second-order valence-corrected chi connectivity index (χ2v) is 8.40. The molecule has 2 rings (SSSR count). The molecule has 1 aliphatic heterocycles. The second kappa shape index (κ2) is 9.18. The average Bonchev–Trinajstić information content (AvgIpc) is 2.62. The van der Waals surface area contributed by atoms with Gasteiger partial charge in [0.2, 0.25) is 5.91 Å². The molecule has 1 aliphatic rings. The molecule has 1 aromatic carbocycles. The van der Waals surface area contributed by atoms with Gasteiger partial charge in [-0.2, -0.15) is 8.42 Å². The third-order valence-electron chi connectivity index (χ3n) is 4.58. The average molecular weight is 397 g/mol. The molecule has 150 valence electrons. The van der Waals surface area contributed by atoms with Gasteiger partial charge in [0, 0.05) is 19.5 Å². The van der Waals surface area contributed by atoms with Crippen LogP contribution in [0.5, 0.6) is 5.75 Å². The van der Waals surface area contributed by atoms with E-state index in [4.69, 9.17) is 9.92 Å². The summed E-state index contributed by atoms with van der Waals surface area (Å²) >= 11 is 0. The van der Waals surface area contributed by atoms with E-state index in [-0.39, 0.29) is 28.9 Å². The number of primary amides is 1. The molecule has 0 aliphatic carbocycles. The van der Waals surface area contributed by atoms with Crippen molar-refractivity contribution >= 4 is 21.9 Å². The fourth-order valence-electron chi connectivity index (χ4n) is 3.12. The summed E-state index contributed by atoms with van der Waals surface area (Å²) in [5, 5.41) is 2.51. The number of hydrogen-bond acceptors (Lipinski definition) is 6. The zero-order chi connectivity index (χ0) is 20.0. The van der Waals surface area contributed by atoms with Crippen LogP contribution in [0.1, 0.15) is 42.1 Å². The Hall–Kier alpha value is -2.13. The van der Waals surface area contributed by atoms with Crippen molar-refractivity contribution in [2.45, 2.75) is 32.7 Å². The number of amides is 2. The van der Waals surface area contributed by atoms with E-state index in [2.05, 4.69) is 10.2 Å². The standard InChI is InChI=1S/C18H27N3O5S/c1-3-10-27(24,25)26-16-5-4-13(11-15(16)18(23)20-2)12-21-8-6-14(7-9-21)17(19)22/h4-5,11,14H,3,6-10,12H2,1-2H3,(H2,19,22)(H,20,23). The molecule has 1 heterocycles. The topological polar surface area (TPSA) is 119 Å². The molecular weight excluding hydrogens is 370 g/mol. The van der Waals surface area contributed by atoms with Gasteiger partial charge in [-0.05, 0) is 50.0 Å². The van der Waals surface area contributed by atoms with E-state index in [1.165, 1.54) is 13.1 Å². The molecule has 0 radical (unpaired) electrons. The smallest absolute Gasteiger partial charge is 0.309 e. The molecule has 0 bridgehead atoms. The fraction of sp³-hybridized carbons (Fsp3) is 0.556. The van der Waals surface area contributed by atoms with E-state index >= 15 is 0 Å². The molecule has 0 aromatic heterocycles. The van der Waals surface area contributed by atoms with Gasteiger partial charge in [0.15, 0.2) is 5.75 Å². The van der Waals surface area contributed by atoms with Crippen molar-refractivity contribution in [3.05, 3.63) is 29.3 Å². The SMILES string of the molecule is CCCS(=O)(=O)Oc1ccc(CN2CCC(C(N)=O)CC2)cc1C(=O)NC. The molecule has 1 fully saturated rings. The van der Waals surface area contributed by atoms with Crippen molar-refractivity contribution in [2.24, 2.45) is 11.7 Å². The summed E-state index contributed by atoms with van der Waals surface area (Å²) in [6, 6.07) is 4.92. The minimum atomic E-state index is -3.74. The normalized spacial score (nSPS) is 16.1. The Bertz CT molecular complexity index is 786. The van der Waals surface area contributed by atoms with Crippen LogP contribution in [0.2, 0.25) is 0 Å². The van der Waals surface area contributed by atoms with Crippen molar-refractivity contribution < 1.29 is 22.2 Å². The predicted molar refractivity (Wildman–Crippen MR) is 102 cm³/mol. The maximum Gasteiger partial charge on any atom is 0.309 e. The van der Waals surface area contributed by atoms with Crippen molar-refractivity contribution in [3.63, 3.8) is 0 Å². The van der Waals surface area contributed by atoms with Crippen LogP contribution in [0.15, 0.2) is 18.2 Å². The molecule has 27 heavy (non-hydrogen) atoms. The number of nitrogens with zero attached hydrogens (tertiary/aromatic N) is 1. The summed E-state index contributed by atoms with van der Waals surface area (Å²) in [6.45, 7) is 3.82. The number of rotatable bonds is 8. The summed E-state index contributed by atoms with van der Waals surface area (Å²) in [4.78, 5) is 25.6. The van der Waals surface area contributed by atoms with Crippen LogP contribution >= 0.6 is 0 Å². The number of carbonyl (C=O) groups excluding carboxylic acids is 2. The monoisotopic (exact) mass is 397 g/mol. The maximum atomic E-state index is 12.2. The van der Waals surface area contributed by atoms with E-state index in [9.17, 15) is 18.0 Å². The van der Waals surface area contributed by atoms with Crippen molar-refractivity contribution in [1.82, 2.24) is 10.2 Å². The summed E-state index contributed by atoms with van der Waals surface area (Å²) in [7, 11) is -2.26. The highest BCUT2D eigenvalue weighted by atomic mass is 32.2. The van der Waals surface area contributed by atoms with E-state index in [0.717, 1.165) is 18.7 Å². The number of nitrogens with two attached hydrogens (primary N) is 1. The highest BCUT2D eigenvalue weighted by Crippen LogP contribution is 2.25. The number of nitrogens with one attached hydrogen (secondary N) is 1. The number of carbonyl (C=O) groups is 2. The minimum Gasteiger partial charge on any atom is -0.382 e. The first kappa shape index (κ1) is 21.2. The van der Waals surface area contributed by atoms with Gasteiger partial charge in [-0.15, -0.1) is 0 Å². The van der Waals surface area contributed by atoms with Gasteiger partial charge >= 0.3 is 10.1 Å². The highest BCUT2D eigenvalue weighted by molar-refractivity contribution is 7.87. The van der Waals surface area contributed by atoms with Gasteiger partial charge in [0.25, 0.3) is 5.91 Å². The number of hydrogen-bond donors (Lipinski definition) is 2. The highest BCUT2D eigenvalue weighted by Gasteiger charge is 2.24. The van der Waals surface area contributed by atoms with Gasteiger partial charge in [0.05, 0.1) is 11.3 Å². The first-order chi connectivity index (χ1) is 12.8. The van der Waals surface area contributed by atoms with Gasteiger partial charge in [-0.3, -0.25) is 14.5 Å². The van der Waals surface area contributed by atoms with E-state index < -0.39 is 16.0 Å². The Kier molecular flexibility index (Phi) is 7.20. The summed E-state index contributed by atoms with van der Waals surface area (Å²) in [5.74, 6) is -0.838. The largest absolute Gasteiger partial charge is 0.382 e. The molecule has 0 atom stereocenters. The third-order valence-corrected chi connectivity index (χ3v) is 5.92. The van der Waals surface area contributed by atoms with E-state index in [1.54, 1.807) is 19.1 Å². The molecule has 1 aromatic rings. The predicted octanol–water partition coefficient (Wildman–Crippen LogP) is 0.862. The fourth-order valence-corrected chi connectivity index (χ4v) is 4.12. The molecule has 0 saturated carbocycles. The lowest BCUT2D eigenvalue weighted by atomic mass is 9.96. The van der Waals surface area contributed by atoms with Crippen LogP contribution in [0.4, 0.5) is 0 Å². The van der Waals surface area contributed by atoms with Gasteiger partial charge < -0.3 is 15.2 Å². The Balaban J connectivity index is 2.15. The molecule has 1 saturated heterocycles. The molecular formula is C18H27N3O5S. The van der Waals surface area contributed by atoms with Crippen molar-refractivity contribution in [3.8, 4) is 5.75 Å². The van der Waals surface area contributed by atoms with Crippen LogP contribution in [0.3, 0.4) is 0 Å². The Morgan fingerprint density at radius 1 is 1.30 bits per heavy atom. The molecule has 3 N–H and O–H groups in total. The second-order valence-electron chi connectivity index (χ2n) is 6.71. The van der Waals surface area contributed by atoms with Crippen LogP contribution in [0, 0.1) is 5.92 Å². The number of benzene rings is 1. The summed E-state index contributed by atoms with van der Waals surface area (Å²) in [6.07, 6.45) is 1.86. The van der Waals surface area contributed by atoms with Gasteiger partial charge in [0.1, 0.15) is 0 Å². The van der Waals surface area contributed by atoms with Crippen LogP contribution in [0.25, 0.3) is 0 Å². The first-order valence-electron chi connectivity index (χ1n) is 9.04. The van der Waals surface area contributed by atoms with Crippen LogP contribution in [-0.4, -0.2) is 51.0 Å². The lowest BCUT2D eigenvalue weighted by Crippen LogP contribution is -2.38. The zero-order valence-electron chi connectivity index (χ0n) is 15.7. The zero-order valence-corrected chi connectivity index (χ0v) is 16.5. The van der Waals surface area contributed by atoms with Gasteiger partial charge in [-0.1, -0.05) is 13.0 Å². The molecule has 2 amide bonds. The van der Waals surface area contributed by atoms with E-state index in [1.807, 2.05) is 0 Å².